The van der Waals surface area contributed by atoms with Crippen molar-refractivity contribution in [3.8, 4) is 0 Å². The van der Waals surface area contributed by atoms with Crippen molar-refractivity contribution in [1.29, 1.82) is 0 Å². The van der Waals surface area contributed by atoms with Gasteiger partial charge in [-0.3, -0.25) is 29.0 Å². The Kier molecular flexibility index (Phi) is 15.7. The molecular formula is C52H58N2O26. The maximum atomic E-state index is 14.2. The standard InChI is InChI=1S/C52H58N2O26/c55-13-25-33(59)35(61)39(65)51(75-25)79-43-27(15-57)77-49(41(67)37(43)63)73-11-9-53-45(69)21-5-1-17-18-2-6-23-32-24(8-4-20(30(18)32)19-3-7-22(46(53)70)31(21)29(17)19)48(72)54(47(23)71)10-12-74-50-42(68)38(64)44(28(16-58)78-50)80-52-40(66)36(62)34(60)26(14-56)76-52/h1-8,25-28,33-44,49-52,55-68H,9-16H2/t25-,26-,27-,28-,33+,34+,35+,36+,37-,38-,39-,40-,41-,42-,43-,44-,49-,50-,51+,52+/m1/s1. The SMILES string of the molecule is O=C1c2ccc3c4ccc5c6c(ccc(c7ccc(c2c37)C(=O)N1CCO[C@@H]1O[C@H](CO)[C@@H](O[C@@H]2O[C@H](CO)[C@H](O)[C@H](O)[C@H]2O)[C@H](O)[C@H]1O)c64)C(=O)N(CCO[C@@H]1O[C@H](CO)[C@@H](O[C@@H]2O[C@H](CO)[C@H](O)[C@H](O)[C@H]2O)[C@H](O)[C@H]1O)C5=O. The number of aliphatic hydroxyl groups is 14. The van der Waals surface area contributed by atoms with Crippen LogP contribution in [0, 0.1) is 0 Å². The van der Waals surface area contributed by atoms with Gasteiger partial charge in [0.15, 0.2) is 25.2 Å². The van der Waals surface area contributed by atoms with Crippen molar-refractivity contribution in [2.75, 3.05) is 52.7 Å². The number of amides is 4. The Balaban J connectivity index is 0.769. The van der Waals surface area contributed by atoms with Crippen LogP contribution in [0.3, 0.4) is 0 Å². The summed E-state index contributed by atoms with van der Waals surface area (Å²) in [4.78, 5) is 58.9. The lowest BCUT2D eigenvalue weighted by molar-refractivity contribution is -0.359. The highest BCUT2D eigenvalue weighted by atomic mass is 16.8. The van der Waals surface area contributed by atoms with E-state index in [9.17, 15) is 90.7 Å². The van der Waals surface area contributed by atoms with Crippen LogP contribution >= 0.6 is 0 Å². The summed E-state index contributed by atoms with van der Waals surface area (Å²) in [5, 5.41) is 149. The fraction of sp³-hybridized carbons (Fsp3) is 0.538. The second-order valence-electron chi connectivity index (χ2n) is 20.4. The first-order valence-electron chi connectivity index (χ1n) is 25.7. The van der Waals surface area contributed by atoms with Gasteiger partial charge in [0.25, 0.3) is 23.6 Å². The normalized spacial score (nSPS) is 36.8. The van der Waals surface area contributed by atoms with Crippen LogP contribution in [0.25, 0.3) is 43.1 Å². The first kappa shape index (κ1) is 56.7. The van der Waals surface area contributed by atoms with Crippen molar-refractivity contribution in [3.05, 3.63) is 70.8 Å². The highest BCUT2D eigenvalue weighted by Crippen LogP contribution is 2.46. The van der Waals surface area contributed by atoms with Crippen molar-refractivity contribution < 1.29 is 129 Å². The molecule has 4 amide bonds. The Morgan fingerprint density at radius 2 is 0.637 bits per heavy atom. The number of carbonyl (C=O) groups excluding carboxylic acids is 4. The number of fused-ring (bicyclic) bond motifs is 2. The Hall–Kier alpha value is -5.20. The molecule has 28 heteroatoms. The Bertz CT molecular complexity index is 2850. The summed E-state index contributed by atoms with van der Waals surface area (Å²) < 4.78 is 44.7. The van der Waals surface area contributed by atoms with Gasteiger partial charge in [-0.25, -0.2) is 0 Å². The van der Waals surface area contributed by atoms with E-state index in [1.54, 1.807) is 48.5 Å². The van der Waals surface area contributed by atoms with E-state index in [2.05, 4.69) is 0 Å². The fourth-order valence-corrected chi connectivity index (χ4v) is 11.7. The second-order valence-corrected chi connectivity index (χ2v) is 20.4. The number of benzene rings is 5. The molecule has 0 spiro atoms. The van der Waals surface area contributed by atoms with Gasteiger partial charge >= 0.3 is 0 Å². The first-order chi connectivity index (χ1) is 38.3. The molecule has 6 heterocycles. The first-order valence-corrected chi connectivity index (χ1v) is 25.7. The van der Waals surface area contributed by atoms with Crippen molar-refractivity contribution in [3.63, 3.8) is 0 Å². The predicted molar refractivity (Wildman–Crippen MR) is 263 cm³/mol. The van der Waals surface area contributed by atoms with Gasteiger partial charge in [-0.1, -0.05) is 24.3 Å². The van der Waals surface area contributed by atoms with E-state index in [1.165, 1.54) is 0 Å². The number of hydrogen-bond donors (Lipinski definition) is 14. The van der Waals surface area contributed by atoms with E-state index < -0.39 is 186 Å². The zero-order chi connectivity index (χ0) is 56.9. The largest absolute Gasteiger partial charge is 0.394 e. The predicted octanol–water partition coefficient (Wildman–Crippen LogP) is -5.79. The molecule has 0 radical (unpaired) electrons. The van der Waals surface area contributed by atoms with Crippen LogP contribution in [-0.4, -0.2) is 280 Å². The van der Waals surface area contributed by atoms with Gasteiger partial charge in [-0.15, -0.1) is 0 Å². The minimum atomic E-state index is -1.87. The molecule has 11 rings (SSSR count). The molecule has 432 valence electrons. The van der Waals surface area contributed by atoms with Crippen molar-refractivity contribution in [2.45, 2.75) is 123 Å². The van der Waals surface area contributed by atoms with Crippen molar-refractivity contribution in [2.24, 2.45) is 0 Å². The van der Waals surface area contributed by atoms with Gasteiger partial charge in [-0.05, 0) is 56.6 Å². The molecule has 28 nitrogen and oxygen atoms in total. The Morgan fingerprint density at radius 3 is 0.938 bits per heavy atom. The summed E-state index contributed by atoms with van der Waals surface area (Å²) in [7, 11) is 0. The minimum Gasteiger partial charge on any atom is -0.394 e. The van der Waals surface area contributed by atoms with E-state index in [0.717, 1.165) is 9.80 Å². The third-order valence-corrected chi connectivity index (χ3v) is 15.9. The summed E-state index contributed by atoms with van der Waals surface area (Å²) >= 11 is 0. The van der Waals surface area contributed by atoms with Crippen LogP contribution in [0.15, 0.2) is 48.5 Å². The summed E-state index contributed by atoms with van der Waals surface area (Å²) in [6.45, 7) is -4.76. The molecule has 14 N–H and O–H groups in total. The number of ether oxygens (including phenoxy) is 8. The quantitative estimate of drug-likeness (QED) is 0.0249. The number of nitrogens with zero attached hydrogens (tertiary/aromatic N) is 2. The van der Waals surface area contributed by atoms with Crippen LogP contribution in [0.2, 0.25) is 0 Å². The fourth-order valence-electron chi connectivity index (χ4n) is 11.7. The van der Waals surface area contributed by atoms with E-state index >= 15 is 0 Å². The molecule has 0 aromatic heterocycles. The number of rotatable bonds is 16. The van der Waals surface area contributed by atoms with Gasteiger partial charge in [0.2, 0.25) is 0 Å². The van der Waals surface area contributed by atoms with Crippen LogP contribution < -0.4 is 0 Å². The summed E-state index contributed by atoms with van der Waals surface area (Å²) in [5.74, 6) is -2.74. The molecule has 0 aliphatic carbocycles. The lowest BCUT2D eigenvalue weighted by atomic mass is 9.82. The molecule has 0 saturated carbocycles. The second kappa shape index (κ2) is 22.2. The molecule has 5 aromatic carbocycles. The van der Waals surface area contributed by atoms with Crippen molar-refractivity contribution in [1.82, 2.24) is 9.80 Å². The van der Waals surface area contributed by atoms with E-state index in [0.29, 0.717) is 43.1 Å². The zero-order valence-corrected chi connectivity index (χ0v) is 41.9. The van der Waals surface area contributed by atoms with Gasteiger partial charge < -0.3 is 109 Å². The molecular weight excluding hydrogens is 1070 g/mol. The molecule has 6 aliphatic heterocycles. The number of aliphatic hydroxyl groups excluding tert-OH is 14. The molecule has 0 unspecified atom stereocenters. The summed E-state index contributed by atoms with van der Waals surface area (Å²) in [6.07, 6.45) is -33.7. The highest BCUT2D eigenvalue weighted by molar-refractivity contribution is 6.41. The molecule has 20 atom stereocenters. The molecule has 80 heavy (non-hydrogen) atoms. The number of hydrogen-bond acceptors (Lipinski definition) is 26. The molecule has 4 saturated heterocycles. The maximum Gasteiger partial charge on any atom is 0.261 e. The molecule has 0 bridgehead atoms. The molecule has 6 aliphatic rings. The average molecular weight is 1130 g/mol. The molecule has 4 fully saturated rings. The van der Waals surface area contributed by atoms with Crippen LogP contribution in [0.4, 0.5) is 0 Å². The summed E-state index contributed by atoms with van der Waals surface area (Å²) in [5.41, 5.74) is 0.682. The van der Waals surface area contributed by atoms with E-state index in [-0.39, 0.29) is 35.3 Å². The highest BCUT2D eigenvalue weighted by Gasteiger charge is 2.53. The third-order valence-electron chi connectivity index (χ3n) is 15.9. The van der Waals surface area contributed by atoms with Crippen LogP contribution in [-0.2, 0) is 37.9 Å². The third kappa shape index (κ3) is 9.13. The Morgan fingerprint density at radius 1 is 0.350 bits per heavy atom. The van der Waals surface area contributed by atoms with Gasteiger partial charge in [-0.2, -0.15) is 0 Å². The van der Waals surface area contributed by atoms with Crippen LogP contribution in [0.5, 0.6) is 0 Å². The summed E-state index contributed by atoms with van der Waals surface area (Å²) in [6, 6.07) is 13.0. The lowest BCUT2D eigenvalue weighted by Crippen LogP contribution is -2.64. The zero-order valence-electron chi connectivity index (χ0n) is 41.9. The van der Waals surface area contributed by atoms with E-state index in [1.807, 2.05) is 0 Å². The van der Waals surface area contributed by atoms with Gasteiger partial charge in [0.05, 0.1) is 52.7 Å². The minimum absolute atomic E-state index is 0.170. The van der Waals surface area contributed by atoms with Crippen molar-refractivity contribution >= 4 is 66.7 Å². The van der Waals surface area contributed by atoms with Gasteiger partial charge in [0, 0.05) is 33.0 Å². The number of carbonyl (C=O) groups is 4. The maximum absolute atomic E-state index is 14.2. The monoisotopic (exact) mass is 1130 g/mol. The number of imide groups is 2. The topological polar surface area (TPSA) is 432 Å². The smallest absolute Gasteiger partial charge is 0.261 e. The van der Waals surface area contributed by atoms with Crippen LogP contribution in [0.1, 0.15) is 41.4 Å². The Labute approximate surface area is 450 Å². The lowest BCUT2D eigenvalue weighted by Gasteiger charge is -2.46. The van der Waals surface area contributed by atoms with E-state index in [4.69, 9.17) is 37.9 Å². The average Bonchev–Trinajstić information content (AvgIpc) is 3.52. The van der Waals surface area contributed by atoms with Gasteiger partial charge in [0.1, 0.15) is 97.7 Å². The molecule has 5 aromatic rings.